The zero-order valence-electron chi connectivity index (χ0n) is 10.7. The Hall–Kier alpha value is -0.960. The summed E-state index contributed by atoms with van der Waals surface area (Å²) in [5, 5.41) is 3.25. The Labute approximate surface area is 102 Å². The van der Waals surface area contributed by atoms with Gasteiger partial charge in [0.2, 0.25) is 0 Å². The molecule has 0 spiro atoms. The third-order valence-corrected chi connectivity index (χ3v) is 2.88. The molecular weight excluding hydrogens is 220 g/mol. The Balaban J connectivity index is 2.34. The fraction of sp³-hybridized carbons (Fsp3) is 0.571. The van der Waals surface area contributed by atoms with Crippen LogP contribution >= 0.6 is 0 Å². The predicted octanol–water partition coefficient (Wildman–Crippen LogP) is 3.60. The number of hydrogen-bond acceptors (Lipinski definition) is 1. The van der Waals surface area contributed by atoms with Gasteiger partial charge in [-0.05, 0) is 50.4 Å². The first-order valence-corrected chi connectivity index (χ1v) is 6.30. The molecule has 0 aromatic heterocycles. The summed E-state index contributed by atoms with van der Waals surface area (Å²) in [6.07, 6.45) is 3.82. The van der Waals surface area contributed by atoms with E-state index in [4.69, 9.17) is 0 Å². The van der Waals surface area contributed by atoms with Crippen molar-refractivity contribution in [3.8, 4) is 0 Å². The smallest absolute Gasteiger partial charge is 0.129 e. The van der Waals surface area contributed by atoms with Crippen LogP contribution in [0.1, 0.15) is 37.3 Å². The maximum atomic E-state index is 13.4. The highest BCUT2D eigenvalue weighted by Crippen LogP contribution is 2.16. The molecule has 1 aromatic carbocycles. The second kappa shape index (κ2) is 7.38. The van der Waals surface area contributed by atoms with Gasteiger partial charge < -0.3 is 5.32 Å². The monoisotopic (exact) mass is 241 g/mol. The van der Waals surface area contributed by atoms with E-state index < -0.39 is 11.6 Å². The molecule has 0 radical (unpaired) electrons. The van der Waals surface area contributed by atoms with Crippen molar-refractivity contribution >= 4 is 0 Å². The van der Waals surface area contributed by atoms with Crippen LogP contribution < -0.4 is 5.32 Å². The van der Waals surface area contributed by atoms with Crippen molar-refractivity contribution in [3.05, 3.63) is 34.9 Å². The minimum atomic E-state index is -0.460. The molecule has 0 saturated carbocycles. The van der Waals surface area contributed by atoms with E-state index in [1.807, 2.05) is 0 Å². The van der Waals surface area contributed by atoms with E-state index in [-0.39, 0.29) is 0 Å². The maximum Gasteiger partial charge on any atom is 0.129 e. The van der Waals surface area contributed by atoms with Gasteiger partial charge in [-0.25, -0.2) is 8.78 Å². The Kier molecular flexibility index (Phi) is 6.12. The molecule has 96 valence electrons. The van der Waals surface area contributed by atoms with Crippen LogP contribution in [0.25, 0.3) is 0 Å². The number of nitrogens with one attached hydrogen (secondary N) is 1. The van der Waals surface area contributed by atoms with E-state index >= 15 is 0 Å². The summed E-state index contributed by atoms with van der Waals surface area (Å²) >= 11 is 0. The lowest BCUT2D eigenvalue weighted by molar-refractivity contribution is 0.557. The first-order chi connectivity index (χ1) is 8.15. The summed E-state index contributed by atoms with van der Waals surface area (Å²) in [5.74, 6) is -0.877. The van der Waals surface area contributed by atoms with Gasteiger partial charge in [-0.1, -0.05) is 19.4 Å². The second-order valence-corrected chi connectivity index (χ2v) is 4.36. The standard InChI is InChI=1S/C14H21F2N/c1-3-17-8-6-4-5-7-12-9-11(2)13(15)10-14(12)16/h9-10,17H,3-8H2,1-2H3. The lowest BCUT2D eigenvalue weighted by atomic mass is 10.0. The van der Waals surface area contributed by atoms with E-state index in [0.717, 1.165) is 38.4 Å². The summed E-state index contributed by atoms with van der Waals surface area (Å²) < 4.78 is 26.4. The molecule has 0 aliphatic rings. The van der Waals surface area contributed by atoms with Crippen LogP contribution in [0.4, 0.5) is 8.78 Å². The first kappa shape index (κ1) is 14.1. The molecule has 1 N–H and O–H groups in total. The van der Waals surface area contributed by atoms with Gasteiger partial charge in [0, 0.05) is 6.07 Å². The molecule has 0 atom stereocenters. The molecule has 0 fully saturated rings. The van der Waals surface area contributed by atoms with Crippen LogP contribution in [0.15, 0.2) is 12.1 Å². The van der Waals surface area contributed by atoms with Crippen molar-refractivity contribution < 1.29 is 8.78 Å². The van der Waals surface area contributed by atoms with Gasteiger partial charge >= 0.3 is 0 Å². The SMILES string of the molecule is CCNCCCCCc1cc(C)c(F)cc1F. The predicted molar refractivity (Wildman–Crippen MR) is 67.2 cm³/mol. The topological polar surface area (TPSA) is 12.0 Å². The van der Waals surface area contributed by atoms with Crippen molar-refractivity contribution in [2.45, 2.75) is 39.5 Å². The number of hydrogen-bond donors (Lipinski definition) is 1. The van der Waals surface area contributed by atoms with Gasteiger partial charge in [0.1, 0.15) is 11.6 Å². The summed E-state index contributed by atoms with van der Waals surface area (Å²) in [7, 11) is 0. The van der Waals surface area contributed by atoms with Crippen LogP contribution in [-0.2, 0) is 6.42 Å². The normalized spacial score (nSPS) is 10.8. The number of aryl methyl sites for hydroxylation is 2. The Morgan fingerprint density at radius 2 is 1.82 bits per heavy atom. The first-order valence-electron chi connectivity index (χ1n) is 6.30. The van der Waals surface area contributed by atoms with Crippen molar-refractivity contribution in [3.63, 3.8) is 0 Å². The molecule has 0 bridgehead atoms. The molecule has 17 heavy (non-hydrogen) atoms. The molecule has 0 aliphatic carbocycles. The van der Waals surface area contributed by atoms with E-state index in [0.29, 0.717) is 17.5 Å². The van der Waals surface area contributed by atoms with Gasteiger partial charge in [-0.15, -0.1) is 0 Å². The molecule has 0 saturated heterocycles. The van der Waals surface area contributed by atoms with Gasteiger partial charge in [-0.2, -0.15) is 0 Å². The molecule has 1 aromatic rings. The minimum Gasteiger partial charge on any atom is -0.317 e. The van der Waals surface area contributed by atoms with Crippen molar-refractivity contribution in [2.75, 3.05) is 13.1 Å². The van der Waals surface area contributed by atoms with Crippen molar-refractivity contribution in [1.29, 1.82) is 0 Å². The zero-order chi connectivity index (χ0) is 12.7. The molecular formula is C14H21F2N. The fourth-order valence-corrected chi connectivity index (χ4v) is 1.83. The third kappa shape index (κ3) is 4.82. The molecule has 0 aliphatic heterocycles. The zero-order valence-corrected chi connectivity index (χ0v) is 10.7. The summed E-state index contributed by atoms with van der Waals surface area (Å²) in [4.78, 5) is 0. The largest absolute Gasteiger partial charge is 0.317 e. The second-order valence-electron chi connectivity index (χ2n) is 4.36. The number of halogens is 2. The molecule has 0 amide bonds. The highest BCUT2D eigenvalue weighted by molar-refractivity contribution is 5.25. The van der Waals surface area contributed by atoms with E-state index in [1.54, 1.807) is 13.0 Å². The van der Waals surface area contributed by atoms with Crippen LogP contribution in [0.5, 0.6) is 0 Å². The molecule has 3 heteroatoms. The molecule has 1 nitrogen and oxygen atoms in total. The average Bonchev–Trinajstić information content (AvgIpc) is 2.30. The van der Waals surface area contributed by atoms with Crippen LogP contribution in [-0.4, -0.2) is 13.1 Å². The van der Waals surface area contributed by atoms with Gasteiger partial charge in [-0.3, -0.25) is 0 Å². The van der Waals surface area contributed by atoms with E-state index in [9.17, 15) is 8.78 Å². The van der Waals surface area contributed by atoms with Gasteiger partial charge in [0.05, 0.1) is 0 Å². The van der Waals surface area contributed by atoms with Crippen LogP contribution in [0, 0.1) is 18.6 Å². The average molecular weight is 241 g/mol. The van der Waals surface area contributed by atoms with E-state index in [1.165, 1.54) is 0 Å². The number of benzene rings is 1. The Morgan fingerprint density at radius 3 is 2.53 bits per heavy atom. The lowest BCUT2D eigenvalue weighted by Crippen LogP contribution is -2.13. The maximum absolute atomic E-state index is 13.4. The van der Waals surface area contributed by atoms with E-state index in [2.05, 4.69) is 12.2 Å². The van der Waals surface area contributed by atoms with Gasteiger partial charge in [0.15, 0.2) is 0 Å². The summed E-state index contributed by atoms with van der Waals surface area (Å²) in [6.45, 7) is 5.76. The lowest BCUT2D eigenvalue weighted by Gasteiger charge is -2.06. The van der Waals surface area contributed by atoms with Gasteiger partial charge in [0.25, 0.3) is 0 Å². The quantitative estimate of drug-likeness (QED) is 0.719. The Morgan fingerprint density at radius 1 is 1.06 bits per heavy atom. The molecule has 1 rings (SSSR count). The summed E-state index contributed by atoms with van der Waals surface area (Å²) in [6, 6.07) is 2.61. The van der Waals surface area contributed by atoms with Crippen molar-refractivity contribution in [1.82, 2.24) is 5.32 Å². The minimum absolute atomic E-state index is 0.417. The number of unbranched alkanes of at least 4 members (excludes halogenated alkanes) is 2. The van der Waals surface area contributed by atoms with Crippen LogP contribution in [0.3, 0.4) is 0 Å². The van der Waals surface area contributed by atoms with Crippen LogP contribution in [0.2, 0.25) is 0 Å². The fourth-order valence-electron chi connectivity index (χ4n) is 1.83. The highest BCUT2D eigenvalue weighted by atomic mass is 19.1. The number of rotatable bonds is 7. The van der Waals surface area contributed by atoms with Crippen molar-refractivity contribution in [2.24, 2.45) is 0 Å². The molecule has 0 unspecified atom stereocenters. The summed E-state index contributed by atoms with van der Waals surface area (Å²) in [5.41, 5.74) is 1.15. The third-order valence-electron chi connectivity index (χ3n) is 2.88. The Bertz CT molecular complexity index is 350. The molecule has 0 heterocycles. The highest BCUT2D eigenvalue weighted by Gasteiger charge is 2.06.